The molecule has 0 fully saturated rings. The summed E-state index contributed by atoms with van der Waals surface area (Å²) >= 11 is 0. The molecule has 9 heteroatoms. The maximum atomic E-state index is 12.0. The van der Waals surface area contributed by atoms with E-state index in [9.17, 15) is 9.59 Å². The monoisotopic (exact) mass is 602 g/mol. The predicted molar refractivity (Wildman–Crippen MR) is 112 cm³/mol. The topological polar surface area (TPSA) is 97.0 Å². The molecule has 0 unspecified atom stereocenters. The smallest absolute Gasteiger partial charge is 0.446 e. The van der Waals surface area contributed by atoms with Crippen molar-refractivity contribution in [3.05, 3.63) is 47.8 Å². The summed E-state index contributed by atoms with van der Waals surface area (Å²) in [6.07, 6.45) is 6.41. The van der Waals surface area contributed by atoms with E-state index in [1.54, 1.807) is 19.1 Å². The molecule has 1 heterocycles. The van der Waals surface area contributed by atoms with Gasteiger partial charge in [0.05, 0.1) is 0 Å². The van der Waals surface area contributed by atoms with E-state index in [0.717, 1.165) is 5.56 Å². The molecule has 1 atom stereocenters. The van der Waals surface area contributed by atoms with Crippen LogP contribution in [-0.2, 0) is 38.5 Å². The number of hydrogen-bond acceptors (Lipinski definition) is 5. The first-order valence-corrected chi connectivity index (χ1v) is 11.5. The van der Waals surface area contributed by atoms with Crippen molar-refractivity contribution in [1.29, 1.82) is 0 Å². The van der Waals surface area contributed by atoms with Gasteiger partial charge in [-0.15, -0.1) is 13.1 Å². The molecule has 7 nitrogen and oxygen atoms in total. The Morgan fingerprint density at radius 1 is 1.14 bits per heavy atom. The number of amides is 1. The molecular formula is C20H30AuN4O3P. The summed E-state index contributed by atoms with van der Waals surface area (Å²) in [7, 11) is 0.446. The molecule has 0 bridgehead atoms. The second kappa shape index (κ2) is 16.3. The van der Waals surface area contributed by atoms with Crippen LogP contribution in [0.1, 0.15) is 51.4 Å². The van der Waals surface area contributed by atoms with Crippen LogP contribution < -0.4 is 5.32 Å². The summed E-state index contributed by atoms with van der Waals surface area (Å²) in [5, 5.41) is 12.0. The maximum Gasteiger partial charge on any atom is 1.00 e. The van der Waals surface area contributed by atoms with Crippen LogP contribution in [0, 0.1) is 6.20 Å². The van der Waals surface area contributed by atoms with Gasteiger partial charge in [0.2, 0.25) is 0 Å². The van der Waals surface area contributed by atoms with Gasteiger partial charge in [0.15, 0.2) is 5.78 Å². The van der Waals surface area contributed by atoms with Gasteiger partial charge in [-0.25, -0.2) is 4.79 Å². The van der Waals surface area contributed by atoms with Crippen molar-refractivity contribution in [2.45, 2.75) is 46.8 Å². The Kier molecular flexibility index (Phi) is 15.4. The third-order valence-corrected chi connectivity index (χ3v) is 6.86. The van der Waals surface area contributed by atoms with Gasteiger partial charge >= 0.3 is 28.5 Å². The van der Waals surface area contributed by atoms with Gasteiger partial charge in [-0.2, -0.15) is 0 Å². The molecule has 1 aromatic heterocycles. The molecule has 0 radical (unpaired) electrons. The minimum Gasteiger partial charge on any atom is -0.446 e. The molecule has 0 saturated heterocycles. The van der Waals surface area contributed by atoms with Gasteiger partial charge in [-0.05, 0) is 24.0 Å². The van der Waals surface area contributed by atoms with Crippen molar-refractivity contribution < 1.29 is 36.7 Å². The Bertz CT molecular complexity index is 677. The summed E-state index contributed by atoms with van der Waals surface area (Å²) in [4.78, 5) is 23.8. The normalized spacial score (nSPS) is 10.9. The Hall–Kier alpha value is -1.53. The van der Waals surface area contributed by atoms with Crippen LogP contribution in [0.15, 0.2) is 30.3 Å². The average molecular weight is 602 g/mol. The van der Waals surface area contributed by atoms with Crippen molar-refractivity contribution >= 4 is 19.8 Å². The van der Waals surface area contributed by atoms with Crippen molar-refractivity contribution in [2.75, 3.05) is 18.5 Å². The summed E-state index contributed by atoms with van der Waals surface area (Å²) in [6, 6.07) is 8.31. The zero-order chi connectivity index (χ0) is 20.8. The van der Waals surface area contributed by atoms with Gasteiger partial charge in [0.1, 0.15) is 12.6 Å². The third kappa shape index (κ3) is 10.7. The molecule has 0 spiro atoms. The fourth-order valence-corrected chi connectivity index (χ4v) is 3.77. The largest absolute Gasteiger partial charge is 1.00 e. The van der Waals surface area contributed by atoms with Crippen LogP contribution >= 0.6 is 7.92 Å². The Labute approximate surface area is 190 Å². The molecular weight excluding hydrogens is 572 g/mol. The third-order valence-electron chi connectivity index (χ3n) is 4.17. The predicted octanol–water partition coefficient (Wildman–Crippen LogP) is 4.08. The van der Waals surface area contributed by atoms with E-state index in [-0.39, 0.29) is 34.8 Å². The quantitative estimate of drug-likeness (QED) is 0.256. The number of H-pyrrole nitrogens is 1. The summed E-state index contributed by atoms with van der Waals surface area (Å²) in [5.74, 6) is -0.0899. The molecule has 1 amide bonds. The van der Waals surface area contributed by atoms with Crippen LogP contribution in [0.5, 0.6) is 0 Å². The number of alkyl carbamates (subject to hydrolysis) is 1. The molecule has 0 saturated carbocycles. The minimum atomic E-state index is -0.715. The van der Waals surface area contributed by atoms with Crippen LogP contribution in [0.3, 0.4) is 0 Å². The van der Waals surface area contributed by atoms with Crippen LogP contribution in [-0.4, -0.2) is 45.8 Å². The first-order valence-electron chi connectivity index (χ1n) is 9.56. The average Bonchev–Trinajstić information content (AvgIpc) is 3.26. The van der Waals surface area contributed by atoms with E-state index < -0.39 is 12.1 Å². The zero-order valence-electron chi connectivity index (χ0n) is 17.4. The first-order chi connectivity index (χ1) is 13.5. The number of ether oxygens (including phenoxy) is 1. The number of nitrogens with zero attached hydrogens (tertiary/aromatic N) is 2. The molecule has 164 valence electrons. The molecule has 2 rings (SSSR count). The van der Waals surface area contributed by atoms with E-state index in [1.807, 2.05) is 18.2 Å². The minimum absolute atomic E-state index is 0. The molecule has 1 aromatic carbocycles. The molecule has 2 aromatic rings. The first kappa shape index (κ1) is 27.5. The number of Topliss-reactive ketones (excluding diaryl/α,β-unsaturated/α-hetero) is 1. The fourth-order valence-electron chi connectivity index (χ4n) is 2.43. The standard InChI is InChI=1S/C14H15N4O3.C6H15P.Au/c1-2-12(19)13(10-6-4-3-5-7-10)16-14(20)21-9-11-8-15-18-17-11;1-4-7(5-2)6-3;/h3-7,13H,2,9H2,1H3,(H,16,20)(H,15,17,18);4-6H2,1-3H3;/q-1;;+1/t13-;;/m1../s1. The number of hydrogen-bond donors (Lipinski definition) is 2. The second-order valence-corrected chi connectivity index (χ2v) is 9.14. The second-order valence-electron chi connectivity index (χ2n) is 5.91. The van der Waals surface area contributed by atoms with E-state index in [1.165, 1.54) is 18.5 Å². The number of nitrogens with one attached hydrogen (secondary N) is 2. The number of carbonyl (C=O) groups is 2. The number of carbonyl (C=O) groups excluding carboxylic acids is 2. The Morgan fingerprint density at radius 3 is 2.21 bits per heavy atom. The molecule has 29 heavy (non-hydrogen) atoms. The van der Waals surface area contributed by atoms with Crippen LogP contribution in [0.2, 0.25) is 0 Å². The van der Waals surface area contributed by atoms with Crippen molar-refractivity contribution in [1.82, 2.24) is 20.7 Å². The number of aromatic nitrogens is 3. The van der Waals surface area contributed by atoms with Crippen molar-refractivity contribution in [3.8, 4) is 0 Å². The fraction of sp³-hybridized carbons (Fsp3) is 0.500. The molecule has 0 aliphatic carbocycles. The van der Waals surface area contributed by atoms with Gasteiger partial charge in [0.25, 0.3) is 0 Å². The number of benzene rings is 1. The summed E-state index contributed by atoms with van der Waals surface area (Å²) in [6.45, 7) is 8.58. The number of aromatic amines is 1. The summed E-state index contributed by atoms with van der Waals surface area (Å²) < 4.78 is 4.99. The zero-order valence-corrected chi connectivity index (χ0v) is 20.4. The Morgan fingerprint density at radius 2 is 1.76 bits per heavy atom. The van der Waals surface area contributed by atoms with E-state index in [0.29, 0.717) is 20.0 Å². The number of ketones is 1. The van der Waals surface area contributed by atoms with Gasteiger partial charge in [0, 0.05) is 6.42 Å². The van der Waals surface area contributed by atoms with Crippen molar-refractivity contribution in [3.63, 3.8) is 0 Å². The molecule has 2 N–H and O–H groups in total. The Balaban J connectivity index is 0.000000846. The molecule has 0 aliphatic rings. The van der Waals surface area contributed by atoms with Gasteiger partial charge in [-0.3, -0.25) is 9.89 Å². The van der Waals surface area contributed by atoms with Crippen LogP contribution in [0.4, 0.5) is 4.79 Å². The summed E-state index contributed by atoms with van der Waals surface area (Å²) in [5.41, 5.74) is 1.17. The van der Waals surface area contributed by atoms with Crippen LogP contribution in [0.25, 0.3) is 0 Å². The van der Waals surface area contributed by atoms with Gasteiger partial charge in [-0.1, -0.05) is 63.7 Å². The van der Waals surface area contributed by atoms with Gasteiger partial charge < -0.3 is 21.3 Å². The van der Waals surface area contributed by atoms with E-state index in [4.69, 9.17) is 4.74 Å². The van der Waals surface area contributed by atoms with E-state index in [2.05, 4.69) is 47.7 Å². The van der Waals surface area contributed by atoms with Crippen molar-refractivity contribution in [2.24, 2.45) is 0 Å². The van der Waals surface area contributed by atoms with E-state index >= 15 is 0 Å². The number of rotatable bonds is 9. The molecule has 0 aliphatic heterocycles. The maximum absolute atomic E-state index is 12.0. The SMILES string of the molecule is CCC(=O)[C@H](NC(=O)OCc1[c-]nn[nH]1)c1ccccc1.CCP(CC)CC.[Au+].